The van der Waals surface area contributed by atoms with E-state index in [2.05, 4.69) is 5.32 Å². The lowest BCUT2D eigenvalue weighted by molar-refractivity contribution is -0.137. The van der Waals surface area contributed by atoms with E-state index in [-0.39, 0.29) is 11.8 Å². The van der Waals surface area contributed by atoms with E-state index >= 15 is 0 Å². The number of rotatable bonds is 6. The molecule has 4 heteroatoms. The van der Waals surface area contributed by atoms with Crippen LogP contribution in [0.3, 0.4) is 0 Å². The van der Waals surface area contributed by atoms with Crippen molar-refractivity contribution in [2.45, 2.75) is 33.1 Å². The number of hydrogen-bond acceptors (Lipinski definition) is 2. The van der Waals surface area contributed by atoms with Gasteiger partial charge in [-0.2, -0.15) is 0 Å². The zero-order chi connectivity index (χ0) is 11.9. The number of carbonyl (C=O) groups is 2. The maximum Gasteiger partial charge on any atom is 0.303 e. The molecule has 0 aromatic rings. The Bertz CT molecular complexity index is 276. The van der Waals surface area contributed by atoms with Crippen molar-refractivity contribution in [1.29, 1.82) is 0 Å². The molecular weight excluding hydrogens is 194 g/mol. The molecule has 15 heavy (non-hydrogen) atoms. The molecule has 2 N–H and O–H groups in total. The van der Waals surface area contributed by atoms with E-state index in [1.165, 1.54) is 0 Å². The predicted octanol–water partition coefficient (Wildman–Crippen LogP) is 1.02. The Hall–Kier alpha value is -1.50. The summed E-state index contributed by atoms with van der Waals surface area (Å²) in [7, 11) is 0. The van der Waals surface area contributed by atoms with Crippen molar-refractivity contribution in [3.05, 3.63) is 0 Å². The molecule has 0 aliphatic heterocycles. The van der Waals surface area contributed by atoms with E-state index < -0.39 is 11.9 Å². The summed E-state index contributed by atoms with van der Waals surface area (Å²) < 4.78 is 0. The SMILES string of the molecule is C#CC(=O)NCCC(C)(C)CCC(=O)O. The molecule has 0 radical (unpaired) electrons. The third kappa shape index (κ3) is 7.56. The average Bonchev–Trinajstić information content (AvgIpc) is 2.14. The van der Waals surface area contributed by atoms with Crippen molar-refractivity contribution in [2.24, 2.45) is 5.41 Å². The number of aliphatic carboxylic acids is 1. The Labute approximate surface area is 90.1 Å². The summed E-state index contributed by atoms with van der Waals surface area (Å²) in [5.41, 5.74) is -0.0970. The number of terminal acetylenes is 1. The van der Waals surface area contributed by atoms with Gasteiger partial charge in [-0.3, -0.25) is 9.59 Å². The van der Waals surface area contributed by atoms with Crippen molar-refractivity contribution in [1.82, 2.24) is 5.32 Å². The highest BCUT2D eigenvalue weighted by Crippen LogP contribution is 2.25. The first-order chi connectivity index (χ1) is 6.87. The van der Waals surface area contributed by atoms with E-state index in [1.54, 1.807) is 0 Å². The monoisotopic (exact) mass is 211 g/mol. The van der Waals surface area contributed by atoms with Crippen molar-refractivity contribution in [3.63, 3.8) is 0 Å². The third-order valence-corrected chi connectivity index (χ3v) is 2.23. The predicted molar refractivity (Wildman–Crippen MR) is 57.1 cm³/mol. The van der Waals surface area contributed by atoms with Gasteiger partial charge in [-0.25, -0.2) is 0 Å². The van der Waals surface area contributed by atoms with Gasteiger partial charge in [-0.05, 0) is 24.2 Å². The number of hydrogen-bond donors (Lipinski definition) is 2. The smallest absolute Gasteiger partial charge is 0.303 e. The second-order valence-corrected chi connectivity index (χ2v) is 4.21. The van der Waals surface area contributed by atoms with Gasteiger partial charge in [-0.1, -0.05) is 13.8 Å². The molecule has 0 saturated carbocycles. The molecular formula is C11H17NO3. The first-order valence-electron chi connectivity index (χ1n) is 4.83. The van der Waals surface area contributed by atoms with Crippen LogP contribution in [0.25, 0.3) is 0 Å². The number of carboxylic acid groups (broad SMARTS) is 1. The Morgan fingerprint density at radius 3 is 2.47 bits per heavy atom. The number of carbonyl (C=O) groups excluding carboxylic acids is 1. The Morgan fingerprint density at radius 2 is 2.00 bits per heavy atom. The second-order valence-electron chi connectivity index (χ2n) is 4.21. The fraction of sp³-hybridized carbons (Fsp3) is 0.636. The van der Waals surface area contributed by atoms with Crippen LogP contribution in [0.5, 0.6) is 0 Å². The van der Waals surface area contributed by atoms with E-state index in [4.69, 9.17) is 11.5 Å². The maximum absolute atomic E-state index is 10.7. The minimum atomic E-state index is -0.796. The zero-order valence-electron chi connectivity index (χ0n) is 9.17. The summed E-state index contributed by atoms with van der Waals surface area (Å²) in [6.07, 6.45) is 6.34. The van der Waals surface area contributed by atoms with Crippen LogP contribution in [0, 0.1) is 17.8 Å². The standard InChI is InChI=1S/C11H17NO3/c1-4-9(13)12-8-7-11(2,3)6-5-10(14)15/h1H,5-8H2,2-3H3,(H,12,13)(H,14,15). The van der Waals surface area contributed by atoms with Gasteiger partial charge in [0.05, 0.1) is 0 Å². The highest BCUT2D eigenvalue weighted by atomic mass is 16.4. The quantitative estimate of drug-likeness (QED) is 0.644. The molecule has 0 rings (SSSR count). The van der Waals surface area contributed by atoms with Crippen molar-refractivity contribution in [2.75, 3.05) is 6.54 Å². The summed E-state index contributed by atoms with van der Waals surface area (Å²) in [4.78, 5) is 21.1. The summed E-state index contributed by atoms with van der Waals surface area (Å²) >= 11 is 0. The van der Waals surface area contributed by atoms with Gasteiger partial charge in [0, 0.05) is 13.0 Å². The highest BCUT2D eigenvalue weighted by Gasteiger charge is 2.18. The van der Waals surface area contributed by atoms with Crippen molar-refractivity contribution >= 4 is 11.9 Å². The van der Waals surface area contributed by atoms with Gasteiger partial charge in [0.15, 0.2) is 0 Å². The van der Waals surface area contributed by atoms with E-state index in [0.717, 1.165) is 0 Å². The lowest BCUT2D eigenvalue weighted by Gasteiger charge is -2.23. The fourth-order valence-corrected chi connectivity index (χ4v) is 1.14. The molecule has 0 aliphatic rings. The van der Waals surface area contributed by atoms with Gasteiger partial charge < -0.3 is 10.4 Å². The molecule has 0 aliphatic carbocycles. The molecule has 0 atom stereocenters. The van der Waals surface area contributed by atoms with Gasteiger partial charge >= 0.3 is 5.97 Å². The Kier molecular flexibility index (Phi) is 5.46. The van der Waals surface area contributed by atoms with Crippen molar-refractivity contribution < 1.29 is 14.7 Å². The van der Waals surface area contributed by atoms with Crippen LogP contribution in [0.4, 0.5) is 0 Å². The second kappa shape index (κ2) is 6.07. The molecule has 0 unspecified atom stereocenters. The molecule has 0 heterocycles. The summed E-state index contributed by atoms with van der Waals surface area (Å²) in [5, 5.41) is 11.1. The largest absolute Gasteiger partial charge is 0.481 e. The molecule has 0 aromatic carbocycles. The molecule has 0 spiro atoms. The van der Waals surface area contributed by atoms with E-state index in [0.29, 0.717) is 19.4 Å². The molecule has 0 aromatic heterocycles. The van der Waals surface area contributed by atoms with Crippen LogP contribution in [-0.4, -0.2) is 23.5 Å². The van der Waals surface area contributed by atoms with Gasteiger partial charge in [0.2, 0.25) is 0 Å². The molecule has 1 amide bonds. The summed E-state index contributed by atoms with van der Waals surface area (Å²) in [6, 6.07) is 0. The molecule has 84 valence electrons. The lowest BCUT2D eigenvalue weighted by Crippen LogP contribution is -2.27. The minimum absolute atomic E-state index is 0.0970. The van der Waals surface area contributed by atoms with E-state index in [1.807, 2.05) is 19.8 Å². The van der Waals surface area contributed by atoms with Gasteiger partial charge in [-0.15, -0.1) is 6.42 Å². The van der Waals surface area contributed by atoms with E-state index in [9.17, 15) is 9.59 Å². The normalized spacial score (nSPS) is 10.5. The van der Waals surface area contributed by atoms with Crippen LogP contribution in [0.2, 0.25) is 0 Å². The summed E-state index contributed by atoms with van der Waals surface area (Å²) in [6.45, 7) is 4.42. The third-order valence-electron chi connectivity index (χ3n) is 2.23. The molecule has 4 nitrogen and oxygen atoms in total. The van der Waals surface area contributed by atoms with Crippen LogP contribution < -0.4 is 5.32 Å². The topological polar surface area (TPSA) is 66.4 Å². The lowest BCUT2D eigenvalue weighted by atomic mass is 9.84. The molecule has 0 bridgehead atoms. The van der Waals surface area contributed by atoms with Crippen LogP contribution in [0.15, 0.2) is 0 Å². The molecule has 0 saturated heterocycles. The minimum Gasteiger partial charge on any atom is -0.481 e. The fourth-order valence-electron chi connectivity index (χ4n) is 1.14. The van der Waals surface area contributed by atoms with Crippen molar-refractivity contribution in [3.8, 4) is 12.3 Å². The Morgan fingerprint density at radius 1 is 1.40 bits per heavy atom. The number of carboxylic acids is 1. The number of amides is 1. The van der Waals surface area contributed by atoms with Gasteiger partial charge in [0.25, 0.3) is 5.91 Å². The van der Waals surface area contributed by atoms with Crippen LogP contribution >= 0.6 is 0 Å². The first-order valence-corrected chi connectivity index (χ1v) is 4.83. The van der Waals surface area contributed by atoms with Crippen LogP contribution in [-0.2, 0) is 9.59 Å². The molecule has 0 fully saturated rings. The maximum atomic E-state index is 10.7. The van der Waals surface area contributed by atoms with Crippen LogP contribution in [0.1, 0.15) is 33.1 Å². The van der Waals surface area contributed by atoms with Gasteiger partial charge in [0.1, 0.15) is 0 Å². The highest BCUT2D eigenvalue weighted by molar-refractivity contribution is 5.92. The summed E-state index contributed by atoms with van der Waals surface area (Å²) in [5.74, 6) is 0.735. The zero-order valence-corrected chi connectivity index (χ0v) is 9.17. The number of nitrogens with one attached hydrogen (secondary N) is 1. The Balaban J connectivity index is 3.79. The average molecular weight is 211 g/mol. The first kappa shape index (κ1) is 13.5.